The van der Waals surface area contributed by atoms with Gasteiger partial charge in [-0.05, 0) is 46.7 Å². The average molecular weight is 574 g/mol. The smallest absolute Gasteiger partial charge is 0.321 e. The van der Waals surface area contributed by atoms with Crippen molar-refractivity contribution in [3.8, 4) is 11.1 Å². The number of anilines is 2. The van der Waals surface area contributed by atoms with Crippen molar-refractivity contribution in [2.24, 2.45) is 0 Å². The zero-order valence-electron chi connectivity index (χ0n) is 18.6. The van der Waals surface area contributed by atoms with Crippen LogP contribution < -0.4 is 10.2 Å². The molecule has 176 valence electrons. The van der Waals surface area contributed by atoms with Crippen molar-refractivity contribution in [3.63, 3.8) is 0 Å². The number of likely N-dealkylation sites (tertiary alicyclic amines) is 1. The van der Waals surface area contributed by atoms with Crippen LogP contribution in [0.15, 0.2) is 66.9 Å². The summed E-state index contributed by atoms with van der Waals surface area (Å²) >= 11 is 1.82. The first-order chi connectivity index (χ1) is 16.4. The molecule has 0 spiro atoms. The second kappa shape index (κ2) is 9.48. The molecule has 0 bridgehead atoms. The van der Waals surface area contributed by atoms with Crippen LogP contribution in [-0.4, -0.2) is 45.8 Å². The average Bonchev–Trinajstić information content (AvgIpc) is 3.47. The van der Waals surface area contributed by atoms with E-state index in [9.17, 15) is 13.6 Å². The number of alkyl halides is 2. The monoisotopic (exact) mass is 574 g/mol. The number of carbonyl (C=O) groups excluding carboxylic acids is 1. The summed E-state index contributed by atoms with van der Waals surface area (Å²) in [4.78, 5) is 21.4. The summed E-state index contributed by atoms with van der Waals surface area (Å²) in [6.45, 7) is 1.85. The number of urea groups is 1. The minimum absolute atomic E-state index is 0.157. The second-order valence-corrected chi connectivity index (χ2v) is 10.8. The van der Waals surface area contributed by atoms with Gasteiger partial charge in [0.15, 0.2) is 9.49 Å². The van der Waals surface area contributed by atoms with Crippen LogP contribution in [0.4, 0.5) is 25.1 Å². The quantitative estimate of drug-likeness (QED) is 0.298. The number of hydrogen-bond donors (Lipinski definition) is 1. The van der Waals surface area contributed by atoms with Gasteiger partial charge in [-0.15, -0.1) is 0 Å². The highest BCUT2D eigenvalue weighted by Gasteiger charge is 2.38. The lowest BCUT2D eigenvalue weighted by atomic mass is 9.99. The second-order valence-electron chi connectivity index (χ2n) is 8.84. The maximum Gasteiger partial charge on any atom is 0.321 e. The molecule has 2 atom stereocenters. The van der Waals surface area contributed by atoms with Gasteiger partial charge in [-0.3, -0.25) is 0 Å². The summed E-state index contributed by atoms with van der Waals surface area (Å²) < 4.78 is 28.0. The molecular weight excluding hydrogens is 549 g/mol. The summed E-state index contributed by atoms with van der Waals surface area (Å²) in [5.41, 5.74) is 2.52. The maximum absolute atomic E-state index is 14.7. The number of halogens is 3. The van der Waals surface area contributed by atoms with Crippen LogP contribution in [0.25, 0.3) is 11.1 Å². The maximum atomic E-state index is 14.7. The standard InChI is InChI=1S/C26H25F2IN4O/c27-22-9-5-4-8-20(22)21-10-13-30-24(33-15-12-26(28,29)17-33)23(21)31-25(34)32-14-11-19(16-32)18-6-2-1-3-7-18/h1-10,13,19H,11-12,14-17H2,(H,31,34). The number of nitrogens with one attached hydrogen (secondary N) is 1. The Morgan fingerprint density at radius 3 is 2.56 bits per heavy atom. The number of hydrogen-bond acceptors (Lipinski definition) is 3. The molecule has 2 aliphatic heterocycles. The SMILES string of the molecule is O=C(Nc1c(-c2ccccc2F)ccnc1N1CCC(F)(I)C1)N1CCC(c2ccccc2)C1. The highest BCUT2D eigenvalue weighted by Crippen LogP contribution is 2.41. The van der Waals surface area contributed by atoms with E-state index in [4.69, 9.17) is 0 Å². The van der Waals surface area contributed by atoms with E-state index >= 15 is 0 Å². The predicted molar refractivity (Wildman–Crippen MR) is 139 cm³/mol. The van der Waals surface area contributed by atoms with E-state index in [1.54, 1.807) is 35.4 Å². The third-order valence-electron chi connectivity index (χ3n) is 6.54. The fourth-order valence-corrected chi connectivity index (χ4v) is 5.42. The van der Waals surface area contributed by atoms with E-state index in [0.29, 0.717) is 48.7 Å². The van der Waals surface area contributed by atoms with Crippen molar-refractivity contribution in [3.05, 3.63) is 78.2 Å². The Balaban J connectivity index is 1.46. The first-order valence-corrected chi connectivity index (χ1v) is 12.5. The summed E-state index contributed by atoms with van der Waals surface area (Å²) in [6, 6.07) is 18.0. The van der Waals surface area contributed by atoms with Crippen LogP contribution in [-0.2, 0) is 0 Å². The molecule has 3 heterocycles. The lowest BCUT2D eigenvalue weighted by Crippen LogP contribution is -2.34. The van der Waals surface area contributed by atoms with Gasteiger partial charge in [-0.2, -0.15) is 0 Å². The van der Waals surface area contributed by atoms with Crippen molar-refractivity contribution in [2.75, 3.05) is 36.4 Å². The lowest BCUT2D eigenvalue weighted by molar-refractivity contribution is 0.222. The third kappa shape index (κ3) is 4.73. The number of benzene rings is 2. The van der Waals surface area contributed by atoms with Gasteiger partial charge in [0.25, 0.3) is 0 Å². The normalized spacial score (nSPS) is 22.3. The molecule has 8 heteroatoms. The molecule has 1 N–H and O–H groups in total. The van der Waals surface area contributed by atoms with Crippen molar-refractivity contribution in [2.45, 2.75) is 22.4 Å². The Hall–Kier alpha value is -2.75. The van der Waals surface area contributed by atoms with Crippen LogP contribution in [0.3, 0.4) is 0 Å². The molecule has 0 radical (unpaired) electrons. The van der Waals surface area contributed by atoms with Gasteiger partial charge in [-0.1, -0.05) is 48.5 Å². The number of rotatable bonds is 4. The van der Waals surface area contributed by atoms with E-state index in [0.717, 1.165) is 6.42 Å². The molecule has 0 aliphatic carbocycles. The van der Waals surface area contributed by atoms with Gasteiger partial charge in [-0.25, -0.2) is 18.6 Å². The zero-order valence-corrected chi connectivity index (χ0v) is 20.7. The zero-order chi connectivity index (χ0) is 23.7. The van der Waals surface area contributed by atoms with Crippen molar-refractivity contribution < 1.29 is 13.6 Å². The summed E-state index contributed by atoms with van der Waals surface area (Å²) in [6.07, 6.45) is 2.82. The van der Waals surface area contributed by atoms with Crippen LogP contribution in [0.2, 0.25) is 0 Å². The van der Waals surface area contributed by atoms with Crippen molar-refractivity contribution >= 4 is 40.1 Å². The first-order valence-electron chi connectivity index (χ1n) is 11.4. The number of nitrogens with zero attached hydrogens (tertiary/aromatic N) is 3. The van der Waals surface area contributed by atoms with Gasteiger partial charge in [0.2, 0.25) is 0 Å². The van der Waals surface area contributed by atoms with E-state index in [1.807, 2.05) is 45.7 Å². The molecule has 2 amide bonds. The highest BCUT2D eigenvalue weighted by molar-refractivity contribution is 14.1. The fourth-order valence-electron chi connectivity index (χ4n) is 4.76. The number of pyridine rings is 1. The van der Waals surface area contributed by atoms with Crippen LogP contribution in [0, 0.1) is 5.82 Å². The van der Waals surface area contributed by atoms with Crippen molar-refractivity contribution in [1.82, 2.24) is 9.88 Å². The van der Waals surface area contributed by atoms with E-state index in [1.165, 1.54) is 11.6 Å². The Bertz CT molecular complexity index is 1190. The van der Waals surface area contributed by atoms with E-state index < -0.39 is 9.49 Å². The van der Waals surface area contributed by atoms with Crippen LogP contribution in [0.1, 0.15) is 24.3 Å². The number of aromatic nitrogens is 1. The predicted octanol–water partition coefficient (Wildman–Crippen LogP) is 6.22. The highest BCUT2D eigenvalue weighted by atomic mass is 127. The molecule has 2 fully saturated rings. The molecular formula is C26H25F2IN4O. The molecule has 1 aromatic heterocycles. The van der Waals surface area contributed by atoms with Gasteiger partial charge >= 0.3 is 6.03 Å². The van der Waals surface area contributed by atoms with Crippen molar-refractivity contribution in [1.29, 1.82) is 0 Å². The molecule has 2 saturated heterocycles. The molecule has 3 aromatic rings. The lowest BCUT2D eigenvalue weighted by Gasteiger charge is -2.25. The molecule has 34 heavy (non-hydrogen) atoms. The minimum atomic E-state index is -1.37. The molecule has 2 aliphatic rings. The van der Waals surface area contributed by atoms with Crippen LogP contribution in [0.5, 0.6) is 0 Å². The number of carbonyl (C=O) groups is 1. The molecule has 2 unspecified atom stereocenters. The Morgan fingerprint density at radius 2 is 1.82 bits per heavy atom. The largest absolute Gasteiger partial charge is 0.351 e. The summed E-state index contributed by atoms with van der Waals surface area (Å²) in [5, 5.41) is 3.01. The number of amides is 2. The molecule has 5 rings (SSSR count). The Morgan fingerprint density at radius 1 is 1.06 bits per heavy atom. The molecule has 5 nitrogen and oxygen atoms in total. The Kier molecular flexibility index (Phi) is 6.42. The van der Waals surface area contributed by atoms with Gasteiger partial charge in [0.05, 0.1) is 12.2 Å². The summed E-state index contributed by atoms with van der Waals surface area (Å²) in [5.74, 6) is 0.343. The Labute approximate surface area is 211 Å². The molecule has 0 saturated carbocycles. The topological polar surface area (TPSA) is 48.5 Å². The fraction of sp³-hybridized carbons (Fsp3) is 0.308. The van der Waals surface area contributed by atoms with E-state index in [-0.39, 0.29) is 18.5 Å². The van der Waals surface area contributed by atoms with Gasteiger partial charge in [0, 0.05) is 49.3 Å². The summed E-state index contributed by atoms with van der Waals surface area (Å²) in [7, 11) is 0. The van der Waals surface area contributed by atoms with Crippen LogP contribution >= 0.6 is 22.6 Å². The van der Waals surface area contributed by atoms with Gasteiger partial charge in [0.1, 0.15) is 5.82 Å². The first kappa shape index (κ1) is 23.0. The molecule has 2 aromatic carbocycles. The van der Waals surface area contributed by atoms with E-state index in [2.05, 4.69) is 22.4 Å². The van der Waals surface area contributed by atoms with Gasteiger partial charge < -0.3 is 15.1 Å². The third-order valence-corrected chi connectivity index (χ3v) is 7.42. The minimum Gasteiger partial charge on any atom is -0.351 e.